The molecule has 0 aliphatic rings. The van der Waals surface area contributed by atoms with Crippen LogP contribution >= 0.6 is 0 Å². The van der Waals surface area contributed by atoms with Crippen LogP contribution in [0.25, 0.3) is 0 Å². The molecule has 18 heavy (non-hydrogen) atoms. The fourth-order valence-corrected chi connectivity index (χ4v) is 2.66. The summed E-state index contributed by atoms with van der Waals surface area (Å²) in [6, 6.07) is 2.89. The van der Waals surface area contributed by atoms with E-state index in [-0.39, 0.29) is 16.2 Å². The van der Waals surface area contributed by atoms with Crippen molar-refractivity contribution in [3.05, 3.63) is 17.7 Å². The first-order valence-electron chi connectivity index (χ1n) is 5.17. The molecule has 102 valence electrons. The van der Waals surface area contributed by atoms with E-state index in [1.807, 2.05) is 0 Å². The Labute approximate surface area is 107 Å². The van der Waals surface area contributed by atoms with Crippen LogP contribution in [0.15, 0.2) is 17.0 Å². The van der Waals surface area contributed by atoms with Crippen LogP contribution in [0.2, 0.25) is 0 Å². The van der Waals surface area contributed by atoms with Crippen LogP contribution in [-0.2, 0) is 16.6 Å². The van der Waals surface area contributed by atoms with Gasteiger partial charge in [0.2, 0.25) is 10.0 Å². The summed E-state index contributed by atoms with van der Waals surface area (Å²) in [6.07, 6.45) is 0. The van der Waals surface area contributed by atoms with Crippen LogP contribution in [0, 0.1) is 0 Å². The van der Waals surface area contributed by atoms with Crippen molar-refractivity contribution in [3.8, 4) is 11.5 Å². The predicted octanol–water partition coefficient (Wildman–Crippen LogP) is 0.446. The van der Waals surface area contributed by atoms with Crippen LogP contribution in [0.5, 0.6) is 11.5 Å². The van der Waals surface area contributed by atoms with Crippen LogP contribution in [0.4, 0.5) is 0 Å². The molecule has 0 unspecified atom stereocenters. The Kier molecular flexibility index (Phi) is 4.55. The molecule has 1 aromatic rings. The van der Waals surface area contributed by atoms with E-state index in [1.165, 1.54) is 40.4 Å². The third-order valence-corrected chi connectivity index (χ3v) is 4.42. The van der Waals surface area contributed by atoms with E-state index >= 15 is 0 Å². The molecule has 0 aromatic heterocycles. The van der Waals surface area contributed by atoms with Crippen LogP contribution in [0.3, 0.4) is 0 Å². The SMILES string of the molecule is COc1ccc(S(=O)(=O)N(C)C)c(CO)c1OC. The summed E-state index contributed by atoms with van der Waals surface area (Å²) in [4.78, 5) is 0.00708. The van der Waals surface area contributed by atoms with E-state index in [4.69, 9.17) is 9.47 Å². The smallest absolute Gasteiger partial charge is 0.243 e. The third-order valence-electron chi connectivity index (χ3n) is 2.52. The fourth-order valence-electron chi connectivity index (χ4n) is 1.56. The number of benzene rings is 1. The molecule has 0 fully saturated rings. The summed E-state index contributed by atoms with van der Waals surface area (Å²) in [6.45, 7) is -0.456. The molecule has 1 aromatic carbocycles. The highest BCUT2D eigenvalue weighted by atomic mass is 32.2. The minimum Gasteiger partial charge on any atom is -0.493 e. The Morgan fingerprint density at radius 3 is 2.22 bits per heavy atom. The Hall–Kier alpha value is -1.31. The zero-order chi connectivity index (χ0) is 13.9. The van der Waals surface area contributed by atoms with Gasteiger partial charge in [-0.15, -0.1) is 0 Å². The largest absolute Gasteiger partial charge is 0.493 e. The van der Waals surface area contributed by atoms with Gasteiger partial charge in [0.05, 0.1) is 25.7 Å². The summed E-state index contributed by atoms with van der Waals surface area (Å²) >= 11 is 0. The topological polar surface area (TPSA) is 76.1 Å². The maximum absolute atomic E-state index is 12.1. The van der Waals surface area contributed by atoms with Crippen LogP contribution < -0.4 is 9.47 Å². The Balaban J connectivity index is 3.58. The second-order valence-electron chi connectivity index (χ2n) is 3.72. The molecule has 7 heteroatoms. The van der Waals surface area contributed by atoms with E-state index in [9.17, 15) is 13.5 Å². The molecule has 0 atom stereocenters. The van der Waals surface area contributed by atoms with Crippen molar-refractivity contribution >= 4 is 10.0 Å². The maximum atomic E-state index is 12.1. The van der Waals surface area contributed by atoms with Gasteiger partial charge >= 0.3 is 0 Å². The number of nitrogens with zero attached hydrogens (tertiary/aromatic N) is 1. The maximum Gasteiger partial charge on any atom is 0.243 e. The van der Waals surface area contributed by atoms with E-state index in [2.05, 4.69) is 0 Å². The minimum absolute atomic E-state index is 0.00708. The van der Waals surface area contributed by atoms with Gasteiger partial charge < -0.3 is 14.6 Å². The molecule has 0 bridgehead atoms. The van der Waals surface area contributed by atoms with E-state index in [1.54, 1.807) is 0 Å². The van der Waals surface area contributed by atoms with E-state index in [0.29, 0.717) is 5.75 Å². The van der Waals surface area contributed by atoms with Gasteiger partial charge in [-0.05, 0) is 12.1 Å². The third kappa shape index (κ3) is 2.43. The highest BCUT2D eigenvalue weighted by Crippen LogP contribution is 2.36. The lowest BCUT2D eigenvalue weighted by Crippen LogP contribution is -2.23. The first-order valence-corrected chi connectivity index (χ1v) is 6.61. The molecular formula is C11H17NO5S. The first-order chi connectivity index (χ1) is 8.39. The monoisotopic (exact) mass is 275 g/mol. The molecule has 1 rings (SSSR count). The van der Waals surface area contributed by atoms with Gasteiger partial charge in [0.15, 0.2) is 11.5 Å². The summed E-state index contributed by atoms with van der Waals surface area (Å²) in [5.41, 5.74) is 0.186. The average molecular weight is 275 g/mol. The van der Waals surface area contributed by atoms with Gasteiger partial charge in [-0.25, -0.2) is 12.7 Å². The molecule has 0 saturated heterocycles. The molecule has 0 saturated carbocycles. The highest BCUT2D eigenvalue weighted by molar-refractivity contribution is 7.89. The van der Waals surface area contributed by atoms with Crippen molar-refractivity contribution in [3.63, 3.8) is 0 Å². The second-order valence-corrected chi connectivity index (χ2v) is 5.84. The molecular weight excluding hydrogens is 258 g/mol. The highest BCUT2D eigenvalue weighted by Gasteiger charge is 2.25. The Morgan fingerprint density at radius 2 is 1.83 bits per heavy atom. The van der Waals surface area contributed by atoms with Crippen molar-refractivity contribution in [1.29, 1.82) is 0 Å². The molecule has 0 aliphatic carbocycles. The van der Waals surface area contributed by atoms with Gasteiger partial charge in [-0.1, -0.05) is 0 Å². The normalized spacial score (nSPS) is 11.7. The number of aliphatic hydroxyl groups excluding tert-OH is 1. The second kappa shape index (κ2) is 5.55. The van der Waals surface area contributed by atoms with Crippen molar-refractivity contribution in [2.45, 2.75) is 11.5 Å². The zero-order valence-corrected chi connectivity index (χ0v) is 11.6. The van der Waals surface area contributed by atoms with Crippen molar-refractivity contribution in [2.24, 2.45) is 0 Å². The summed E-state index contributed by atoms with van der Waals surface area (Å²) in [5.74, 6) is 0.599. The molecule has 1 N–H and O–H groups in total. The first kappa shape index (κ1) is 14.7. The average Bonchev–Trinajstić information content (AvgIpc) is 2.36. The summed E-state index contributed by atoms with van der Waals surface area (Å²) < 4.78 is 35.4. The lowest BCUT2D eigenvalue weighted by atomic mass is 10.2. The van der Waals surface area contributed by atoms with Crippen LogP contribution in [-0.4, -0.2) is 46.1 Å². The molecule has 6 nitrogen and oxygen atoms in total. The summed E-state index contributed by atoms with van der Waals surface area (Å²) in [7, 11) is 2.04. The van der Waals surface area contributed by atoms with Gasteiger partial charge in [0.25, 0.3) is 0 Å². The standard InChI is InChI=1S/C11H17NO5S/c1-12(2)18(14,15)10-6-5-9(16-3)11(17-4)8(10)7-13/h5-6,13H,7H2,1-4H3. The number of aliphatic hydroxyl groups is 1. The summed E-state index contributed by atoms with van der Waals surface area (Å²) in [5, 5.41) is 9.38. The number of hydrogen-bond donors (Lipinski definition) is 1. The quantitative estimate of drug-likeness (QED) is 0.844. The zero-order valence-electron chi connectivity index (χ0n) is 10.8. The number of hydrogen-bond acceptors (Lipinski definition) is 5. The lowest BCUT2D eigenvalue weighted by Gasteiger charge is -2.18. The van der Waals surface area contributed by atoms with Gasteiger partial charge in [-0.2, -0.15) is 0 Å². The molecule has 0 aliphatic heterocycles. The number of rotatable bonds is 5. The van der Waals surface area contributed by atoms with Crippen molar-refractivity contribution in [1.82, 2.24) is 4.31 Å². The Bertz CT molecular complexity index is 524. The molecule has 0 radical (unpaired) electrons. The molecule has 0 heterocycles. The van der Waals surface area contributed by atoms with Gasteiger partial charge in [-0.3, -0.25) is 0 Å². The van der Waals surface area contributed by atoms with E-state index in [0.717, 1.165) is 4.31 Å². The lowest BCUT2D eigenvalue weighted by molar-refractivity contribution is 0.265. The molecule has 0 amide bonds. The van der Waals surface area contributed by atoms with Crippen LogP contribution in [0.1, 0.15) is 5.56 Å². The Morgan fingerprint density at radius 1 is 1.22 bits per heavy atom. The fraction of sp³-hybridized carbons (Fsp3) is 0.455. The predicted molar refractivity (Wildman–Crippen MR) is 66.3 cm³/mol. The van der Waals surface area contributed by atoms with Gasteiger partial charge in [0.1, 0.15) is 0 Å². The number of sulfonamides is 1. The van der Waals surface area contributed by atoms with Crippen molar-refractivity contribution in [2.75, 3.05) is 28.3 Å². The number of methoxy groups -OCH3 is 2. The minimum atomic E-state index is -3.64. The van der Waals surface area contributed by atoms with Crippen molar-refractivity contribution < 1.29 is 23.0 Å². The van der Waals surface area contributed by atoms with E-state index < -0.39 is 16.6 Å². The number of ether oxygens (including phenoxy) is 2. The molecule has 0 spiro atoms. The van der Waals surface area contributed by atoms with Gasteiger partial charge in [0, 0.05) is 19.7 Å².